The van der Waals surface area contributed by atoms with Crippen LogP contribution in [-0.4, -0.2) is 52.5 Å². The lowest BCUT2D eigenvalue weighted by molar-refractivity contribution is -0.0245. The average Bonchev–Trinajstić information content (AvgIpc) is 2.73. The van der Waals surface area contributed by atoms with Gasteiger partial charge in [0, 0.05) is 43.1 Å². The Labute approximate surface area is 151 Å². The number of hydrogen-bond donors (Lipinski definition) is 1. The maximum Gasteiger partial charge on any atom is 0.254 e. The van der Waals surface area contributed by atoms with Crippen LogP contribution in [0.1, 0.15) is 22.2 Å². The molecule has 1 aromatic carbocycles. The molecule has 0 radical (unpaired) electrons. The van der Waals surface area contributed by atoms with Crippen molar-refractivity contribution in [2.45, 2.75) is 6.10 Å². The summed E-state index contributed by atoms with van der Waals surface area (Å²) in [5.74, 6) is 0.655. The van der Waals surface area contributed by atoms with Crippen LogP contribution in [0.15, 0.2) is 48.9 Å². The fourth-order valence-corrected chi connectivity index (χ4v) is 3.17. The van der Waals surface area contributed by atoms with Crippen molar-refractivity contribution in [3.63, 3.8) is 0 Å². The van der Waals surface area contributed by atoms with Gasteiger partial charge in [-0.1, -0.05) is 6.07 Å². The summed E-state index contributed by atoms with van der Waals surface area (Å²) in [4.78, 5) is 27.7. The Morgan fingerprint density at radius 1 is 1.19 bits per heavy atom. The van der Waals surface area contributed by atoms with Gasteiger partial charge in [0.1, 0.15) is 17.6 Å². The van der Waals surface area contributed by atoms with Gasteiger partial charge in [0.25, 0.3) is 5.91 Å². The van der Waals surface area contributed by atoms with Crippen LogP contribution in [0.5, 0.6) is 0 Å². The Balaban J connectivity index is 1.57. The van der Waals surface area contributed by atoms with E-state index in [1.165, 1.54) is 0 Å². The number of nitrogens with zero attached hydrogens (tertiary/aromatic N) is 4. The van der Waals surface area contributed by atoms with Crippen molar-refractivity contribution in [1.29, 1.82) is 0 Å². The molecule has 1 aliphatic rings. The lowest BCUT2D eigenvalue weighted by atomic mass is 10.1. The molecule has 3 aromatic rings. The Morgan fingerprint density at radius 3 is 2.96 bits per heavy atom. The van der Waals surface area contributed by atoms with Crippen molar-refractivity contribution in [2.24, 2.45) is 0 Å². The standard InChI is InChI=1S/C19H19N5O2/c1-20-18-17(22-7-8-23-18)16-12-24(9-10-26-16)19(25)14-4-5-15-13(11-14)3-2-6-21-15/h2-8,11,16H,9-10,12H2,1H3,(H,20,23)/t16-/m0/s1. The third-order valence-corrected chi connectivity index (χ3v) is 4.47. The van der Waals surface area contributed by atoms with Crippen molar-refractivity contribution >= 4 is 22.6 Å². The minimum Gasteiger partial charge on any atom is -0.372 e. The molecule has 0 bridgehead atoms. The van der Waals surface area contributed by atoms with Crippen molar-refractivity contribution in [3.05, 3.63) is 60.2 Å². The predicted molar refractivity (Wildman–Crippen MR) is 97.9 cm³/mol. The molecule has 132 valence electrons. The number of morpholine rings is 1. The molecule has 0 unspecified atom stereocenters. The summed E-state index contributed by atoms with van der Waals surface area (Å²) in [5.41, 5.74) is 2.25. The highest BCUT2D eigenvalue weighted by Gasteiger charge is 2.28. The Hall–Kier alpha value is -3.06. The molecule has 1 fully saturated rings. The van der Waals surface area contributed by atoms with Crippen LogP contribution in [0.2, 0.25) is 0 Å². The van der Waals surface area contributed by atoms with E-state index in [0.717, 1.165) is 16.6 Å². The second-order valence-corrected chi connectivity index (χ2v) is 6.06. The maximum atomic E-state index is 13.0. The van der Waals surface area contributed by atoms with Crippen LogP contribution in [0.25, 0.3) is 10.9 Å². The van der Waals surface area contributed by atoms with Gasteiger partial charge in [-0.25, -0.2) is 4.98 Å². The number of anilines is 1. The zero-order chi connectivity index (χ0) is 17.9. The molecule has 4 rings (SSSR count). The molecular weight excluding hydrogens is 330 g/mol. The number of hydrogen-bond acceptors (Lipinski definition) is 6. The van der Waals surface area contributed by atoms with Crippen LogP contribution < -0.4 is 5.32 Å². The number of pyridine rings is 1. The zero-order valence-electron chi connectivity index (χ0n) is 14.4. The highest BCUT2D eigenvalue weighted by atomic mass is 16.5. The van der Waals surface area contributed by atoms with Crippen molar-refractivity contribution in [2.75, 3.05) is 32.1 Å². The van der Waals surface area contributed by atoms with Gasteiger partial charge in [-0.15, -0.1) is 0 Å². The van der Waals surface area contributed by atoms with Crippen LogP contribution in [-0.2, 0) is 4.74 Å². The number of rotatable bonds is 3. The summed E-state index contributed by atoms with van der Waals surface area (Å²) in [7, 11) is 1.79. The van der Waals surface area contributed by atoms with Gasteiger partial charge >= 0.3 is 0 Å². The SMILES string of the molecule is CNc1nccnc1[C@@H]1CN(C(=O)c2ccc3ncccc3c2)CCO1. The molecule has 3 heterocycles. The predicted octanol–water partition coefficient (Wildman–Crippen LogP) is 2.28. The molecular formula is C19H19N5O2. The van der Waals surface area contributed by atoms with E-state index in [2.05, 4.69) is 20.3 Å². The van der Waals surface area contributed by atoms with Gasteiger partial charge < -0.3 is 15.0 Å². The number of carbonyl (C=O) groups excluding carboxylic acids is 1. The summed E-state index contributed by atoms with van der Waals surface area (Å²) in [5, 5.41) is 3.98. The Kier molecular flexibility index (Phi) is 4.45. The zero-order valence-corrected chi connectivity index (χ0v) is 14.4. The fraction of sp³-hybridized carbons (Fsp3) is 0.263. The molecule has 0 saturated carbocycles. The van der Waals surface area contributed by atoms with E-state index in [4.69, 9.17) is 4.74 Å². The number of ether oxygens (including phenoxy) is 1. The molecule has 1 amide bonds. The summed E-state index contributed by atoms with van der Waals surface area (Å²) in [6.45, 7) is 1.46. The highest BCUT2D eigenvalue weighted by molar-refractivity contribution is 5.98. The maximum absolute atomic E-state index is 13.0. The van der Waals surface area contributed by atoms with E-state index >= 15 is 0 Å². The number of carbonyl (C=O) groups is 1. The van der Waals surface area contributed by atoms with Gasteiger partial charge in [-0.2, -0.15) is 0 Å². The monoisotopic (exact) mass is 349 g/mol. The molecule has 7 nitrogen and oxygen atoms in total. The number of fused-ring (bicyclic) bond motifs is 1. The smallest absolute Gasteiger partial charge is 0.254 e. The number of aromatic nitrogens is 3. The van der Waals surface area contributed by atoms with E-state index in [1.54, 1.807) is 30.5 Å². The lowest BCUT2D eigenvalue weighted by Gasteiger charge is -2.33. The van der Waals surface area contributed by atoms with Crippen LogP contribution >= 0.6 is 0 Å². The summed E-state index contributed by atoms with van der Waals surface area (Å²) in [6, 6.07) is 9.41. The van der Waals surface area contributed by atoms with Crippen LogP contribution in [0.4, 0.5) is 5.82 Å². The minimum absolute atomic E-state index is 0.0149. The molecule has 0 spiro atoms. The quantitative estimate of drug-likeness (QED) is 0.781. The lowest BCUT2D eigenvalue weighted by Crippen LogP contribution is -2.42. The van der Waals surface area contributed by atoms with Crippen molar-refractivity contribution in [3.8, 4) is 0 Å². The molecule has 1 saturated heterocycles. The van der Waals surface area contributed by atoms with E-state index in [-0.39, 0.29) is 12.0 Å². The highest BCUT2D eigenvalue weighted by Crippen LogP contribution is 2.26. The van der Waals surface area contributed by atoms with Crippen LogP contribution in [0, 0.1) is 0 Å². The topological polar surface area (TPSA) is 80.2 Å². The molecule has 1 aliphatic heterocycles. The van der Waals surface area contributed by atoms with E-state index in [1.807, 2.05) is 30.3 Å². The number of benzene rings is 1. The fourth-order valence-electron chi connectivity index (χ4n) is 3.17. The van der Waals surface area contributed by atoms with Gasteiger partial charge in [-0.3, -0.25) is 14.8 Å². The van der Waals surface area contributed by atoms with E-state index in [0.29, 0.717) is 31.1 Å². The van der Waals surface area contributed by atoms with Crippen LogP contribution in [0.3, 0.4) is 0 Å². The second-order valence-electron chi connectivity index (χ2n) is 6.06. The molecule has 26 heavy (non-hydrogen) atoms. The van der Waals surface area contributed by atoms with E-state index < -0.39 is 0 Å². The van der Waals surface area contributed by atoms with Gasteiger partial charge in [0.15, 0.2) is 0 Å². The number of nitrogens with one attached hydrogen (secondary N) is 1. The normalized spacial score (nSPS) is 17.3. The molecule has 2 aromatic heterocycles. The minimum atomic E-state index is -0.300. The summed E-state index contributed by atoms with van der Waals surface area (Å²) >= 11 is 0. The summed E-state index contributed by atoms with van der Waals surface area (Å²) < 4.78 is 5.85. The first-order valence-electron chi connectivity index (χ1n) is 8.50. The first-order chi connectivity index (χ1) is 12.8. The molecule has 1 N–H and O–H groups in total. The van der Waals surface area contributed by atoms with Gasteiger partial charge in [0.05, 0.1) is 18.7 Å². The van der Waals surface area contributed by atoms with Crippen molar-refractivity contribution < 1.29 is 9.53 Å². The molecule has 7 heteroatoms. The second kappa shape index (κ2) is 7.05. The third-order valence-electron chi connectivity index (χ3n) is 4.47. The summed E-state index contributed by atoms with van der Waals surface area (Å²) in [6.07, 6.45) is 4.71. The first kappa shape index (κ1) is 16.4. The van der Waals surface area contributed by atoms with Gasteiger partial charge in [-0.05, 0) is 24.3 Å². The van der Waals surface area contributed by atoms with Crippen molar-refractivity contribution in [1.82, 2.24) is 19.9 Å². The van der Waals surface area contributed by atoms with E-state index in [9.17, 15) is 4.79 Å². The van der Waals surface area contributed by atoms with Gasteiger partial charge in [0.2, 0.25) is 0 Å². The largest absolute Gasteiger partial charge is 0.372 e. The Bertz CT molecular complexity index is 946. The Morgan fingerprint density at radius 2 is 2.08 bits per heavy atom. The molecule has 0 aliphatic carbocycles. The third kappa shape index (κ3) is 3.09. The molecule has 1 atom stereocenters. The average molecular weight is 349 g/mol. The first-order valence-corrected chi connectivity index (χ1v) is 8.50. The number of amides is 1.